The highest BCUT2D eigenvalue weighted by molar-refractivity contribution is 5.50. The van der Waals surface area contributed by atoms with Gasteiger partial charge in [-0.25, -0.2) is 4.68 Å². The van der Waals surface area contributed by atoms with Gasteiger partial charge in [0.1, 0.15) is 0 Å². The first-order chi connectivity index (χ1) is 7.16. The fourth-order valence-electron chi connectivity index (χ4n) is 1.28. The van der Waals surface area contributed by atoms with E-state index in [1.165, 1.54) is 0 Å². The van der Waals surface area contributed by atoms with Crippen LogP contribution in [0.5, 0.6) is 11.6 Å². The number of anilines is 1. The number of pyridine rings is 1. The Hall–Kier alpha value is -2.04. The van der Waals surface area contributed by atoms with Crippen LogP contribution in [0.3, 0.4) is 0 Å². The lowest BCUT2D eigenvalue weighted by Crippen LogP contribution is -1.97. The van der Waals surface area contributed by atoms with Crippen molar-refractivity contribution in [3.05, 3.63) is 30.2 Å². The highest BCUT2D eigenvalue weighted by Gasteiger charge is 2.06. The molecule has 0 aromatic carbocycles. The van der Waals surface area contributed by atoms with Crippen LogP contribution in [0.1, 0.15) is 5.69 Å². The Balaban J connectivity index is 2.29. The van der Waals surface area contributed by atoms with Crippen LogP contribution in [-0.4, -0.2) is 14.8 Å². The van der Waals surface area contributed by atoms with Crippen LogP contribution in [0.15, 0.2) is 24.5 Å². The summed E-state index contributed by atoms with van der Waals surface area (Å²) in [5, 5.41) is 4.17. The highest BCUT2D eigenvalue weighted by Crippen LogP contribution is 2.25. The number of ether oxygens (including phenoxy) is 1. The number of nitrogen functional groups attached to an aromatic ring is 1. The van der Waals surface area contributed by atoms with Gasteiger partial charge in [0.2, 0.25) is 5.88 Å². The van der Waals surface area contributed by atoms with Crippen molar-refractivity contribution >= 4 is 5.69 Å². The molecule has 0 unspecified atom stereocenters. The minimum absolute atomic E-state index is 0.511. The number of nitrogens with two attached hydrogens (primary N) is 1. The Kier molecular flexibility index (Phi) is 2.29. The van der Waals surface area contributed by atoms with E-state index in [2.05, 4.69) is 10.1 Å². The lowest BCUT2D eigenvalue weighted by Gasteiger charge is -2.06. The van der Waals surface area contributed by atoms with E-state index >= 15 is 0 Å². The van der Waals surface area contributed by atoms with Crippen molar-refractivity contribution in [3.8, 4) is 11.6 Å². The fraction of sp³-hybridized carbons (Fsp3) is 0.200. The van der Waals surface area contributed by atoms with Gasteiger partial charge in [-0.1, -0.05) is 0 Å². The number of hydrogen-bond donors (Lipinski definition) is 1. The van der Waals surface area contributed by atoms with E-state index in [0.717, 1.165) is 5.69 Å². The van der Waals surface area contributed by atoms with E-state index in [9.17, 15) is 0 Å². The van der Waals surface area contributed by atoms with Crippen LogP contribution < -0.4 is 10.5 Å². The van der Waals surface area contributed by atoms with E-state index in [-0.39, 0.29) is 0 Å². The zero-order chi connectivity index (χ0) is 10.8. The van der Waals surface area contributed by atoms with Crippen LogP contribution in [0, 0.1) is 6.92 Å². The molecule has 2 rings (SSSR count). The van der Waals surface area contributed by atoms with E-state index in [1.54, 1.807) is 23.1 Å². The first-order valence-corrected chi connectivity index (χ1v) is 4.55. The maximum absolute atomic E-state index is 5.71. The second kappa shape index (κ2) is 3.61. The van der Waals surface area contributed by atoms with Crippen molar-refractivity contribution in [2.45, 2.75) is 6.92 Å². The van der Waals surface area contributed by atoms with Crippen LogP contribution in [-0.2, 0) is 7.05 Å². The molecular weight excluding hydrogens is 192 g/mol. The second-order valence-corrected chi connectivity index (χ2v) is 3.26. The Morgan fingerprint density at radius 2 is 2.27 bits per heavy atom. The molecule has 0 bridgehead atoms. The molecule has 0 saturated carbocycles. The van der Waals surface area contributed by atoms with Crippen molar-refractivity contribution in [2.24, 2.45) is 7.05 Å². The van der Waals surface area contributed by atoms with Crippen molar-refractivity contribution in [3.63, 3.8) is 0 Å². The van der Waals surface area contributed by atoms with Gasteiger partial charge in [0.05, 0.1) is 17.6 Å². The van der Waals surface area contributed by atoms with Gasteiger partial charge in [-0.05, 0) is 6.92 Å². The number of rotatable bonds is 2. The number of aromatic nitrogens is 3. The van der Waals surface area contributed by atoms with Gasteiger partial charge in [0, 0.05) is 25.4 Å². The highest BCUT2D eigenvalue weighted by atomic mass is 16.5. The lowest BCUT2D eigenvalue weighted by molar-refractivity contribution is 0.432. The molecule has 15 heavy (non-hydrogen) atoms. The monoisotopic (exact) mass is 204 g/mol. The van der Waals surface area contributed by atoms with E-state index in [1.807, 2.05) is 20.0 Å². The number of nitrogens with zero attached hydrogens (tertiary/aromatic N) is 3. The van der Waals surface area contributed by atoms with Crippen LogP contribution >= 0.6 is 0 Å². The maximum Gasteiger partial charge on any atom is 0.217 e. The molecule has 0 aliphatic heterocycles. The van der Waals surface area contributed by atoms with Gasteiger partial charge in [0.15, 0.2) is 5.75 Å². The molecule has 0 spiro atoms. The lowest BCUT2D eigenvalue weighted by atomic mass is 10.4. The van der Waals surface area contributed by atoms with E-state index in [0.29, 0.717) is 17.3 Å². The number of aryl methyl sites for hydroxylation is 2. The molecule has 5 nitrogen and oxygen atoms in total. The molecule has 2 aromatic heterocycles. The molecule has 2 N–H and O–H groups in total. The van der Waals surface area contributed by atoms with Gasteiger partial charge in [0.25, 0.3) is 0 Å². The summed E-state index contributed by atoms with van der Waals surface area (Å²) >= 11 is 0. The largest absolute Gasteiger partial charge is 0.437 e. The normalized spacial score (nSPS) is 10.3. The second-order valence-electron chi connectivity index (χ2n) is 3.26. The molecule has 0 radical (unpaired) electrons. The smallest absolute Gasteiger partial charge is 0.217 e. The van der Waals surface area contributed by atoms with Gasteiger partial charge in [-0.2, -0.15) is 5.10 Å². The maximum atomic E-state index is 5.71. The molecule has 0 amide bonds. The zero-order valence-electron chi connectivity index (χ0n) is 8.64. The molecule has 0 aliphatic carbocycles. The van der Waals surface area contributed by atoms with E-state index < -0.39 is 0 Å². The first kappa shape index (κ1) is 9.51. The third-order valence-corrected chi connectivity index (χ3v) is 1.98. The molecule has 0 aliphatic rings. The van der Waals surface area contributed by atoms with Crippen LogP contribution in [0.4, 0.5) is 5.69 Å². The van der Waals surface area contributed by atoms with Crippen molar-refractivity contribution in [2.75, 3.05) is 5.73 Å². The summed E-state index contributed by atoms with van der Waals surface area (Å²) in [6.45, 7) is 1.91. The summed E-state index contributed by atoms with van der Waals surface area (Å²) in [7, 11) is 1.82. The molecule has 78 valence electrons. The molecular formula is C10H12N4O. The van der Waals surface area contributed by atoms with Gasteiger partial charge >= 0.3 is 0 Å². The van der Waals surface area contributed by atoms with E-state index in [4.69, 9.17) is 10.5 Å². The average Bonchev–Trinajstić information content (AvgIpc) is 2.49. The van der Waals surface area contributed by atoms with Crippen molar-refractivity contribution in [1.82, 2.24) is 14.8 Å². The summed E-state index contributed by atoms with van der Waals surface area (Å²) in [4.78, 5) is 3.89. The zero-order valence-corrected chi connectivity index (χ0v) is 8.64. The summed E-state index contributed by atoms with van der Waals surface area (Å²) in [6.07, 6.45) is 3.19. The topological polar surface area (TPSA) is 66.0 Å². The van der Waals surface area contributed by atoms with Gasteiger partial charge in [-0.3, -0.25) is 4.98 Å². The van der Waals surface area contributed by atoms with Gasteiger partial charge < -0.3 is 10.5 Å². The predicted molar refractivity (Wildman–Crippen MR) is 56.7 cm³/mol. The average molecular weight is 204 g/mol. The van der Waals surface area contributed by atoms with Crippen molar-refractivity contribution < 1.29 is 4.74 Å². The third-order valence-electron chi connectivity index (χ3n) is 1.98. The Bertz CT molecular complexity index is 478. The summed E-state index contributed by atoms with van der Waals surface area (Å²) in [5.74, 6) is 1.25. The van der Waals surface area contributed by atoms with Crippen LogP contribution in [0.25, 0.3) is 0 Å². The Morgan fingerprint density at radius 1 is 1.47 bits per heavy atom. The fourth-order valence-corrected chi connectivity index (χ4v) is 1.28. The number of hydrogen-bond acceptors (Lipinski definition) is 4. The summed E-state index contributed by atoms with van der Waals surface area (Å²) in [6, 6.07) is 3.57. The molecule has 0 saturated heterocycles. The third kappa shape index (κ3) is 1.90. The summed E-state index contributed by atoms with van der Waals surface area (Å²) < 4.78 is 7.26. The quantitative estimate of drug-likeness (QED) is 0.805. The SMILES string of the molecule is Cc1cc(Oc2ccncc2N)n(C)n1. The predicted octanol–water partition coefficient (Wildman–Crippen LogP) is 1.50. The van der Waals surface area contributed by atoms with Crippen molar-refractivity contribution in [1.29, 1.82) is 0 Å². The molecule has 2 aromatic rings. The standard InChI is InChI=1S/C10H12N4O/c1-7-5-10(14(2)13-7)15-9-3-4-12-6-8(9)11/h3-6H,11H2,1-2H3. The minimum Gasteiger partial charge on any atom is -0.437 e. The van der Waals surface area contributed by atoms with Crippen LogP contribution in [0.2, 0.25) is 0 Å². The minimum atomic E-state index is 0.511. The Labute approximate surface area is 87.5 Å². The molecule has 0 atom stereocenters. The Morgan fingerprint density at radius 3 is 2.87 bits per heavy atom. The molecule has 5 heteroatoms. The first-order valence-electron chi connectivity index (χ1n) is 4.55. The van der Waals surface area contributed by atoms with Gasteiger partial charge in [-0.15, -0.1) is 0 Å². The summed E-state index contributed by atoms with van der Waals surface area (Å²) in [5.41, 5.74) is 7.12. The molecule has 2 heterocycles. The molecule has 0 fully saturated rings.